The molecule has 1 nitrogen and oxygen atoms in total. The zero-order chi connectivity index (χ0) is 13.9. The van der Waals surface area contributed by atoms with Crippen LogP contribution in [0, 0.1) is 11.6 Å². The third-order valence-electron chi connectivity index (χ3n) is 3.37. The van der Waals surface area contributed by atoms with Crippen LogP contribution >= 0.6 is 0 Å². The summed E-state index contributed by atoms with van der Waals surface area (Å²) in [5, 5.41) is 0. The molecule has 0 saturated heterocycles. The van der Waals surface area contributed by atoms with Gasteiger partial charge in [0.15, 0.2) is 11.6 Å². The molecule has 1 unspecified atom stereocenters. The molecule has 0 aromatic heterocycles. The van der Waals surface area contributed by atoms with Gasteiger partial charge in [0.2, 0.25) is 0 Å². The SMILES string of the molecule is CCCC(N)(c1ccccc1)c1ccc(F)c(F)c1. The van der Waals surface area contributed by atoms with Gasteiger partial charge in [-0.15, -0.1) is 0 Å². The van der Waals surface area contributed by atoms with E-state index in [9.17, 15) is 8.78 Å². The summed E-state index contributed by atoms with van der Waals surface area (Å²) in [4.78, 5) is 0. The molecule has 19 heavy (non-hydrogen) atoms. The predicted molar refractivity (Wildman–Crippen MR) is 72.7 cm³/mol. The zero-order valence-electron chi connectivity index (χ0n) is 10.9. The first-order chi connectivity index (χ1) is 9.08. The maximum absolute atomic E-state index is 13.4. The fraction of sp³-hybridized carbons (Fsp3) is 0.250. The number of hydrogen-bond acceptors (Lipinski definition) is 1. The van der Waals surface area contributed by atoms with Crippen molar-refractivity contribution in [1.29, 1.82) is 0 Å². The van der Waals surface area contributed by atoms with E-state index in [1.54, 1.807) is 6.07 Å². The molecule has 2 aromatic rings. The molecule has 0 radical (unpaired) electrons. The lowest BCUT2D eigenvalue weighted by molar-refractivity contribution is 0.468. The lowest BCUT2D eigenvalue weighted by Crippen LogP contribution is -2.38. The minimum atomic E-state index is -0.862. The highest BCUT2D eigenvalue weighted by atomic mass is 19.2. The summed E-state index contributed by atoms with van der Waals surface area (Å²) in [7, 11) is 0. The van der Waals surface area contributed by atoms with Crippen LogP contribution in [0.4, 0.5) is 8.78 Å². The Morgan fingerprint density at radius 3 is 2.21 bits per heavy atom. The van der Waals surface area contributed by atoms with Crippen LogP contribution in [0.25, 0.3) is 0 Å². The first-order valence-electron chi connectivity index (χ1n) is 6.38. The maximum atomic E-state index is 13.4. The van der Waals surface area contributed by atoms with Gasteiger partial charge in [0, 0.05) is 0 Å². The van der Waals surface area contributed by atoms with Crippen molar-refractivity contribution in [3.8, 4) is 0 Å². The Morgan fingerprint density at radius 1 is 0.947 bits per heavy atom. The summed E-state index contributed by atoms with van der Waals surface area (Å²) in [6.07, 6.45) is 1.52. The second-order valence-corrected chi connectivity index (χ2v) is 4.72. The molecule has 0 aliphatic heterocycles. The number of rotatable bonds is 4. The molecular formula is C16H17F2N. The molecule has 0 aliphatic rings. The summed E-state index contributed by atoms with van der Waals surface area (Å²) in [6, 6.07) is 13.4. The molecule has 0 fully saturated rings. The molecule has 1 atom stereocenters. The van der Waals surface area contributed by atoms with E-state index in [1.165, 1.54) is 6.07 Å². The summed E-state index contributed by atoms with van der Waals surface area (Å²) in [5.74, 6) is -1.71. The van der Waals surface area contributed by atoms with E-state index in [-0.39, 0.29) is 0 Å². The highest BCUT2D eigenvalue weighted by molar-refractivity contribution is 5.38. The minimum Gasteiger partial charge on any atom is -0.318 e. The van der Waals surface area contributed by atoms with Crippen molar-refractivity contribution >= 4 is 0 Å². The van der Waals surface area contributed by atoms with Gasteiger partial charge in [0.25, 0.3) is 0 Å². The standard InChI is InChI=1S/C16H17F2N/c1-2-10-16(19,12-6-4-3-5-7-12)13-8-9-14(17)15(18)11-13/h3-9,11H,2,10,19H2,1H3. The normalized spacial score (nSPS) is 14.1. The Morgan fingerprint density at radius 2 is 1.63 bits per heavy atom. The van der Waals surface area contributed by atoms with Crippen LogP contribution in [0.3, 0.4) is 0 Å². The van der Waals surface area contributed by atoms with Gasteiger partial charge in [-0.25, -0.2) is 8.78 Å². The van der Waals surface area contributed by atoms with E-state index in [2.05, 4.69) is 0 Å². The van der Waals surface area contributed by atoms with Crippen molar-refractivity contribution in [3.63, 3.8) is 0 Å². The quantitative estimate of drug-likeness (QED) is 0.885. The molecular weight excluding hydrogens is 244 g/mol. The average molecular weight is 261 g/mol. The highest BCUT2D eigenvalue weighted by Gasteiger charge is 2.29. The third kappa shape index (κ3) is 2.66. The first kappa shape index (κ1) is 13.7. The van der Waals surface area contributed by atoms with Gasteiger partial charge in [-0.05, 0) is 29.7 Å². The fourth-order valence-electron chi connectivity index (χ4n) is 2.36. The Hall–Kier alpha value is -1.74. The summed E-state index contributed by atoms with van der Waals surface area (Å²) in [5.41, 5.74) is 7.20. The van der Waals surface area contributed by atoms with Crippen LogP contribution in [0.1, 0.15) is 30.9 Å². The fourth-order valence-corrected chi connectivity index (χ4v) is 2.36. The Bertz CT molecular complexity index is 554. The molecule has 0 bridgehead atoms. The topological polar surface area (TPSA) is 26.0 Å². The molecule has 100 valence electrons. The van der Waals surface area contributed by atoms with Gasteiger partial charge in [-0.3, -0.25) is 0 Å². The van der Waals surface area contributed by atoms with Crippen LogP contribution in [-0.2, 0) is 5.54 Å². The Kier molecular flexibility index (Phi) is 3.96. The summed E-state index contributed by atoms with van der Waals surface area (Å²) < 4.78 is 26.5. The monoisotopic (exact) mass is 261 g/mol. The van der Waals surface area contributed by atoms with Gasteiger partial charge in [0.05, 0.1) is 5.54 Å². The number of nitrogens with two attached hydrogens (primary N) is 1. The average Bonchev–Trinajstić information content (AvgIpc) is 2.43. The van der Waals surface area contributed by atoms with E-state index in [0.29, 0.717) is 12.0 Å². The van der Waals surface area contributed by atoms with Crippen molar-refractivity contribution in [1.82, 2.24) is 0 Å². The minimum absolute atomic E-state index is 0.597. The van der Waals surface area contributed by atoms with Crippen molar-refractivity contribution in [2.24, 2.45) is 5.73 Å². The lowest BCUT2D eigenvalue weighted by atomic mass is 9.80. The van der Waals surface area contributed by atoms with Crippen LogP contribution in [0.5, 0.6) is 0 Å². The smallest absolute Gasteiger partial charge is 0.159 e. The van der Waals surface area contributed by atoms with Gasteiger partial charge in [0.1, 0.15) is 0 Å². The lowest BCUT2D eigenvalue weighted by Gasteiger charge is -2.30. The number of halogens is 2. The molecule has 0 heterocycles. The second-order valence-electron chi connectivity index (χ2n) is 4.72. The summed E-state index contributed by atoms with van der Waals surface area (Å²) in [6.45, 7) is 2.02. The van der Waals surface area contributed by atoms with E-state index in [4.69, 9.17) is 5.73 Å². The van der Waals surface area contributed by atoms with Gasteiger partial charge >= 0.3 is 0 Å². The Balaban J connectivity index is 2.52. The van der Waals surface area contributed by atoms with E-state index < -0.39 is 17.2 Å². The molecule has 0 spiro atoms. The molecule has 0 aliphatic carbocycles. The van der Waals surface area contributed by atoms with E-state index in [1.807, 2.05) is 37.3 Å². The Labute approximate surface area is 112 Å². The number of hydrogen-bond donors (Lipinski definition) is 1. The van der Waals surface area contributed by atoms with Crippen molar-refractivity contribution in [2.45, 2.75) is 25.3 Å². The highest BCUT2D eigenvalue weighted by Crippen LogP contribution is 2.32. The second kappa shape index (κ2) is 5.49. The number of benzene rings is 2. The van der Waals surface area contributed by atoms with Crippen LogP contribution < -0.4 is 5.73 Å². The molecule has 0 saturated carbocycles. The van der Waals surface area contributed by atoms with Gasteiger partial charge in [-0.2, -0.15) is 0 Å². The zero-order valence-corrected chi connectivity index (χ0v) is 10.9. The largest absolute Gasteiger partial charge is 0.318 e. The van der Waals surface area contributed by atoms with Crippen LogP contribution in [-0.4, -0.2) is 0 Å². The molecule has 3 heteroatoms. The van der Waals surface area contributed by atoms with Crippen LogP contribution in [0.2, 0.25) is 0 Å². The van der Waals surface area contributed by atoms with Crippen molar-refractivity contribution in [2.75, 3.05) is 0 Å². The van der Waals surface area contributed by atoms with E-state index in [0.717, 1.165) is 18.1 Å². The van der Waals surface area contributed by atoms with Crippen LogP contribution in [0.15, 0.2) is 48.5 Å². The molecule has 2 N–H and O–H groups in total. The molecule has 0 amide bonds. The molecule has 2 aromatic carbocycles. The van der Waals surface area contributed by atoms with E-state index >= 15 is 0 Å². The maximum Gasteiger partial charge on any atom is 0.159 e. The molecule has 2 rings (SSSR count). The van der Waals surface area contributed by atoms with Crippen molar-refractivity contribution < 1.29 is 8.78 Å². The predicted octanol–water partition coefficient (Wildman–Crippen LogP) is 3.97. The van der Waals surface area contributed by atoms with Gasteiger partial charge in [-0.1, -0.05) is 49.7 Å². The first-order valence-corrected chi connectivity index (χ1v) is 6.38. The van der Waals surface area contributed by atoms with Crippen molar-refractivity contribution in [3.05, 3.63) is 71.3 Å². The third-order valence-corrected chi connectivity index (χ3v) is 3.37. The van der Waals surface area contributed by atoms with Gasteiger partial charge < -0.3 is 5.73 Å². The summed E-state index contributed by atoms with van der Waals surface area (Å²) >= 11 is 0.